The molecule has 0 saturated heterocycles. The maximum absolute atomic E-state index is 12.6. The van der Waals surface area contributed by atoms with Gasteiger partial charge in [-0.2, -0.15) is 0 Å². The minimum absolute atomic E-state index is 0.0134. The topological polar surface area (TPSA) is 81.9 Å². The molecule has 1 aromatic carbocycles. The van der Waals surface area contributed by atoms with E-state index in [0.29, 0.717) is 17.1 Å². The molecule has 134 valence electrons. The van der Waals surface area contributed by atoms with Gasteiger partial charge in [0.05, 0.1) is 14.2 Å². The molecule has 7 nitrogen and oxygen atoms in total. The molecule has 3 aromatic rings. The number of aryl methyl sites for hydroxylation is 1. The number of carbonyl (C=O) groups is 1. The Hall–Kier alpha value is -3.35. The normalized spacial score (nSPS) is 10.6. The van der Waals surface area contributed by atoms with Crippen LogP contribution in [0.2, 0.25) is 0 Å². The van der Waals surface area contributed by atoms with Gasteiger partial charge < -0.3 is 14.8 Å². The van der Waals surface area contributed by atoms with Crippen LogP contribution in [0.4, 0.5) is 0 Å². The summed E-state index contributed by atoms with van der Waals surface area (Å²) < 4.78 is 11.8. The number of carbonyl (C=O) groups excluding carboxylic acids is 1. The Morgan fingerprint density at radius 1 is 1.23 bits per heavy atom. The standard InChI is InChI=1S/C19H19N3O4/c1-12-5-4-8-22-17(12)20-11-15(19(22)24)18(23)21-10-13-6-7-14(25-2)9-16(13)26-3/h4-9,11H,10H2,1-3H3,(H,21,23). The van der Waals surface area contributed by atoms with Crippen molar-refractivity contribution < 1.29 is 14.3 Å². The van der Waals surface area contributed by atoms with Gasteiger partial charge in [0.1, 0.15) is 22.7 Å². The highest BCUT2D eigenvalue weighted by molar-refractivity contribution is 5.93. The molecular formula is C19H19N3O4. The molecule has 0 aliphatic heterocycles. The fraction of sp³-hybridized carbons (Fsp3) is 0.211. The van der Waals surface area contributed by atoms with Gasteiger partial charge in [0.25, 0.3) is 11.5 Å². The first kappa shape index (κ1) is 17.5. The van der Waals surface area contributed by atoms with E-state index in [1.54, 1.807) is 44.7 Å². The van der Waals surface area contributed by atoms with Crippen molar-refractivity contribution in [2.24, 2.45) is 0 Å². The van der Waals surface area contributed by atoms with Crippen molar-refractivity contribution in [1.82, 2.24) is 14.7 Å². The van der Waals surface area contributed by atoms with Crippen LogP contribution in [-0.2, 0) is 6.54 Å². The van der Waals surface area contributed by atoms with E-state index in [1.807, 2.05) is 13.0 Å². The van der Waals surface area contributed by atoms with E-state index >= 15 is 0 Å². The number of rotatable bonds is 5. The maximum Gasteiger partial charge on any atom is 0.270 e. The van der Waals surface area contributed by atoms with Crippen molar-refractivity contribution in [2.45, 2.75) is 13.5 Å². The van der Waals surface area contributed by atoms with E-state index in [9.17, 15) is 9.59 Å². The lowest BCUT2D eigenvalue weighted by Gasteiger charge is -2.11. The van der Waals surface area contributed by atoms with Crippen LogP contribution in [0.25, 0.3) is 5.65 Å². The van der Waals surface area contributed by atoms with Crippen LogP contribution < -0.4 is 20.3 Å². The highest BCUT2D eigenvalue weighted by atomic mass is 16.5. The lowest BCUT2D eigenvalue weighted by Crippen LogP contribution is -2.31. The summed E-state index contributed by atoms with van der Waals surface area (Å²) in [5.74, 6) is 0.759. The Balaban J connectivity index is 1.84. The SMILES string of the molecule is COc1ccc(CNC(=O)c2cnc3c(C)cccn3c2=O)c(OC)c1. The first-order valence-corrected chi connectivity index (χ1v) is 8.01. The molecular weight excluding hydrogens is 334 g/mol. The number of hydrogen-bond acceptors (Lipinski definition) is 5. The maximum atomic E-state index is 12.6. The molecule has 26 heavy (non-hydrogen) atoms. The van der Waals surface area contributed by atoms with Gasteiger partial charge in [0.2, 0.25) is 0 Å². The van der Waals surface area contributed by atoms with Gasteiger partial charge in [-0.25, -0.2) is 4.98 Å². The van der Waals surface area contributed by atoms with Crippen LogP contribution in [0.15, 0.2) is 47.5 Å². The molecule has 0 aliphatic carbocycles. The number of nitrogens with zero attached hydrogens (tertiary/aromatic N) is 2. The Labute approximate surface area is 150 Å². The number of pyridine rings is 1. The predicted octanol–water partition coefficient (Wildman–Crippen LogP) is 1.95. The van der Waals surface area contributed by atoms with E-state index in [1.165, 1.54) is 10.6 Å². The van der Waals surface area contributed by atoms with Crippen molar-refractivity contribution in [1.29, 1.82) is 0 Å². The summed E-state index contributed by atoms with van der Waals surface area (Å²) in [6, 6.07) is 8.91. The van der Waals surface area contributed by atoms with E-state index in [-0.39, 0.29) is 12.1 Å². The van der Waals surface area contributed by atoms with Gasteiger partial charge in [-0.3, -0.25) is 14.0 Å². The molecule has 0 radical (unpaired) electrons. The summed E-state index contributed by atoms with van der Waals surface area (Å²) in [5.41, 5.74) is 1.75. The van der Waals surface area contributed by atoms with Gasteiger partial charge >= 0.3 is 0 Å². The number of nitrogens with one attached hydrogen (secondary N) is 1. The third-order valence-corrected chi connectivity index (χ3v) is 4.11. The molecule has 0 aliphatic rings. The Morgan fingerprint density at radius 2 is 2.04 bits per heavy atom. The van der Waals surface area contributed by atoms with Crippen LogP contribution in [0.1, 0.15) is 21.5 Å². The van der Waals surface area contributed by atoms with Gasteiger partial charge in [-0.1, -0.05) is 6.07 Å². The number of ether oxygens (including phenoxy) is 2. The van der Waals surface area contributed by atoms with Crippen molar-refractivity contribution >= 4 is 11.6 Å². The molecule has 0 spiro atoms. The van der Waals surface area contributed by atoms with Crippen molar-refractivity contribution in [3.63, 3.8) is 0 Å². The molecule has 2 aromatic heterocycles. The summed E-state index contributed by atoms with van der Waals surface area (Å²) in [6.45, 7) is 2.07. The Kier molecular flexibility index (Phi) is 4.88. The minimum atomic E-state index is -0.490. The number of aromatic nitrogens is 2. The largest absolute Gasteiger partial charge is 0.497 e. The van der Waals surface area contributed by atoms with Gasteiger partial charge in [-0.15, -0.1) is 0 Å². The molecule has 2 heterocycles. The smallest absolute Gasteiger partial charge is 0.270 e. The summed E-state index contributed by atoms with van der Waals surface area (Å²) in [5, 5.41) is 2.73. The fourth-order valence-electron chi connectivity index (χ4n) is 2.67. The molecule has 1 N–H and O–H groups in total. The van der Waals surface area contributed by atoms with E-state index in [0.717, 1.165) is 11.1 Å². The Morgan fingerprint density at radius 3 is 2.77 bits per heavy atom. The second-order valence-electron chi connectivity index (χ2n) is 5.72. The summed E-state index contributed by atoms with van der Waals surface area (Å²) >= 11 is 0. The molecule has 1 amide bonds. The molecule has 0 saturated carbocycles. The fourth-order valence-corrected chi connectivity index (χ4v) is 2.67. The molecule has 7 heteroatoms. The Bertz CT molecular complexity index is 1030. The van der Waals surface area contributed by atoms with Crippen LogP contribution in [0, 0.1) is 6.92 Å². The molecule has 0 atom stereocenters. The predicted molar refractivity (Wildman–Crippen MR) is 96.9 cm³/mol. The van der Waals surface area contributed by atoms with Gasteiger partial charge in [0, 0.05) is 30.6 Å². The number of methoxy groups -OCH3 is 2. The average Bonchev–Trinajstić information content (AvgIpc) is 2.67. The minimum Gasteiger partial charge on any atom is -0.497 e. The number of fused-ring (bicyclic) bond motifs is 1. The average molecular weight is 353 g/mol. The second kappa shape index (κ2) is 7.26. The first-order chi connectivity index (χ1) is 12.5. The van der Waals surface area contributed by atoms with E-state index in [2.05, 4.69) is 10.3 Å². The van der Waals surface area contributed by atoms with Crippen molar-refractivity contribution in [3.8, 4) is 11.5 Å². The zero-order valence-corrected chi connectivity index (χ0v) is 14.8. The molecule has 0 unspecified atom stereocenters. The summed E-state index contributed by atoms with van der Waals surface area (Å²) in [7, 11) is 3.11. The van der Waals surface area contributed by atoms with Crippen LogP contribution in [0.5, 0.6) is 11.5 Å². The monoisotopic (exact) mass is 353 g/mol. The van der Waals surface area contributed by atoms with Crippen molar-refractivity contribution in [3.05, 3.63) is 69.8 Å². The number of hydrogen-bond donors (Lipinski definition) is 1. The summed E-state index contributed by atoms with van der Waals surface area (Å²) in [4.78, 5) is 29.3. The molecule has 0 bridgehead atoms. The third-order valence-electron chi connectivity index (χ3n) is 4.11. The van der Waals surface area contributed by atoms with Crippen molar-refractivity contribution in [2.75, 3.05) is 14.2 Å². The van der Waals surface area contributed by atoms with Crippen LogP contribution in [-0.4, -0.2) is 29.5 Å². The van der Waals surface area contributed by atoms with Crippen LogP contribution >= 0.6 is 0 Å². The lowest BCUT2D eigenvalue weighted by molar-refractivity contribution is 0.0948. The number of amides is 1. The quantitative estimate of drug-likeness (QED) is 0.758. The highest BCUT2D eigenvalue weighted by Gasteiger charge is 2.14. The van der Waals surface area contributed by atoms with Gasteiger partial charge in [-0.05, 0) is 30.7 Å². The lowest BCUT2D eigenvalue weighted by atomic mass is 10.2. The van der Waals surface area contributed by atoms with Crippen LogP contribution in [0.3, 0.4) is 0 Å². The zero-order chi connectivity index (χ0) is 18.7. The van der Waals surface area contributed by atoms with E-state index in [4.69, 9.17) is 9.47 Å². The van der Waals surface area contributed by atoms with Gasteiger partial charge in [0.15, 0.2) is 0 Å². The second-order valence-corrected chi connectivity index (χ2v) is 5.72. The highest BCUT2D eigenvalue weighted by Crippen LogP contribution is 2.24. The first-order valence-electron chi connectivity index (χ1n) is 8.01. The molecule has 0 fully saturated rings. The zero-order valence-electron chi connectivity index (χ0n) is 14.8. The number of benzene rings is 1. The third kappa shape index (κ3) is 3.23. The summed E-state index contributed by atoms with van der Waals surface area (Å²) in [6.07, 6.45) is 2.91. The molecule has 3 rings (SSSR count). The van der Waals surface area contributed by atoms with E-state index < -0.39 is 11.5 Å².